The van der Waals surface area contributed by atoms with Gasteiger partial charge in [-0.25, -0.2) is 14.4 Å². The number of rotatable bonds is 7. The van der Waals surface area contributed by atoms with E-state index in [0.717, 1.165) is 71.1 Å². The smallest absolute Gasteiger partial charge is 0.262 e. The van der Waals surface area contributed by atoms with E-state index in [-0.39, 0.29) is 24.0 Å². The lowest BCUT2D eigenvalue weighted by molar-refractivity contribution is -0.136. The number of hydrogen-bond acceptors (Lipinski definition) is 14. The predicted octanol–water partition coefficient (Wildman–Crippen LogP) is 3.15. The van der Waals surface area contributed by atoms with Gasteiger partial charge in [-0.15, -0.1) is 0 Å². The number of hydrogen-bond donors (Lipinski definition) is 2. The number of thiazole rings is 1. The second-order valence-electron chi connectivity index (χ2n) is 14.4. The highest BCUT2D eigenvalue weighted by Crippen LogP contribution is 2.43. The topological polar surface area (TPSA) is 171 Å². The number of benzene rings is 2. The Balaban J connectivity index is 0.760. The first-order valence-electron chi connectivity index (χ1n) is 18.4. The largest absolute Gasteiger partial charge is 0.462 e. The molecular weight excluding hydrogens is 742 g/mol. The number of aromatic nitrogens is 5. The molecule has 5 aliphatic heterocycles. The molecule has 0 bridgehead atoms. The third-order valence-corrected chi connectivity index (χ3v) is 12.3. The number of carbonyl (C=O) groups is 4. The number of fused-ring (bicyclic) bond motifs is 2. The van der Waals surface area contributed by atoms with E-state index in [2.05, 4.69) is 40.5 Å². The molecule has 18 heteroatoms. The first-order valence-corrected chi connectivity index (χ1v) is 19.2. The average Bonchev–Trinajstić information content (AvgIpc) is 3.98. The zero-order valence-electron chi connectivity index (χ0n) is 30.0. The SMILES string of the molecule is Cc1nc(N2CCN(C3CN(c4ccc5c(c4)C(=O)N(C4CCC(=O)NC4=O)C5=O)C3)CC2)sc1-c1cnc2c(c1)OC(c1cc(F)ccc1-n1nccn1)N2. The van der Waals surface area contributed by atoms with Crippen molar-refractivity contribution in [1.82, 2.24) is 40.1 Å². The fourth-order valence-electron chi connectivity index (χ4n) is 8.06. The van der Waals surface area contributed by atoms with Crippen LogP contribution in [0.15, 0.2) is 61.1 Å². The summed E-state index contributed by atoms with van der Waals surface area (Å²) in [4.78, 5) is 70.5. The maximum atomic E-state index is 14.4. The second kappa shape index (κ2) is 13.2. The Morgan fingerprint density at radius 3 is 2.48 bits per heavy atom. The van der Waals surface area contributed by atoms with Crippen LogP contribution in [0.3, 0.4) is 0 Å². The van der Waals surface area contributed by atoms with Crippen molar-refractivity contribution in [2.45, 2.75) is 38.1 Å². The van der Waals surface area contributed by atoms with Gasteiger partial charge < -0.3 is 19.9 Å². The number of aryl methyl sites for hydroxylation is 1. The molecular formula is C38H34FN11O5S. The zero-order valence-corrected chi connectivity index (χ0v) is 30.8. The molecule has 0 saturated carbocycles. The van der Waals surface area contributed by atoms with Gasteiger partial charge in [0.1, 0.15) is 11.9 Å². The lowest BCUT2D eigenvalue weighted by Gasteiger charge is -2.49. The number of piperazine rings is 1. The van der Waals surface area contributed by atoms with E-state index >= 15 is 0 Å². The summed E-state index contributed by atoms with van der Waals surface area (Å²) in [6.45, 7) is 6.99. The maximum absolute atomic E-state index is 14.4. The van der Waals surface area contributed by atoms with Crippen molar-refractivity contribution in [3.8, 4) is 21.9 Å². The minimum atomic E-state index is -0.984. The summed E-state index contributed by atoms with van der Waals surface area (Å²) in [6.07, 6.45) is 4.45. The molecule has 284 valence electrons. The van der Waals surface area contributed by atoms with Crippen LogP contribution in [0.2, 0.25) is 0 Å². The average molecular weight is 776 g/mol. The molecule has 2 N–H and O–H groups in total. The number of ether oxygens (including phenoxy) is 1. The van der Waals surface area contributed by atoms with Crippen LogP contribution in [-0.2, 0) is 9.59 Å². The summed E-state index contributed by atoms with van der Waals surface area (Å²) in [6, 6.07) is 11.0. The molecule has 5 aliphatic rings. The molecule has 5 aromatic rings. The third-order valence-electron chi connectivity index (χ3n) is 11.1. The molecule has 16 nitrogen and oxygen atoms in total. The number of piperidine rings is 1. The van der Waals surface area contributed by atoms with E-state index in [4.69, 9.17) is 9.72 Å². The van der Waals surface area contributed by atoms with Crippen LogP contribution in [-0.4, -0.2) is 110 Å². The lowest BCUT2D eigenvalue weighted by atomic mass is 10.0. The van der Waals surface area contributed by atoms with Gasteiger partial charge in [0.2, 0.25) is 11.8 Å². The molecule has 3 fully saturated rings. The normalized spacial score (nSPS) is 21.1. The molecule has 56 heavy (non-hydrogen) atoms. The van der Waals surface area contributed by atoms with Gasteiger partial charge in [0, 0.05) is 74.7 Å². The Bertz CT molecular complexity index is 2440. The Hall–Kier alpha value is -6.27. The lowest BCUT2D eigenvalue weighted by Crippen LogP contribution is -2.63. The Kier molecular flexibility index (Phi) is 8.07. The molecule has 3 aromatic heterocycles. The molecule has 2 aromatic carbocycles. The summed E-state index contributed by atoms with van der Waals surface area (Å²) in [5, 5.41) is 14.8. The van der Waals surface area contributed by atoms with Gasteiger partial charge in [0.15, 0.2) is 22.9 Å². The summed E-state index contributed by atoms with van der Waals surface area (Å²) >= 11 is 1.62. The first-order chi connectivity index (χ1) is 27.2. The summed E-state index contributed by atoms with van der Waals surface area (Å²) in [5.74, 6) is -1.30. The molecule has 10 rings (SSSR count). The van der Waals surface area contributed by atoms with Crippen molar-refractivity contribution < 1.29 is 28.3 Å². The van der Waals surface area contributed by atoms with Crippen LogP contribution < -0.4 is 25.2 Å². The van der Waals surface area contributed by atoms with Crippen LogP contribution in [0.1, 0.15) is 51.0 Å². The summed E-state index contributed by atoms with van der Waals surface area (Å²) in [5.41, 5.74) is 4.35. The van der Waals surface area contributed by atoms with E-state index in [9.17, 15) is 23.6 Å². The summed E-state index contributed by atoms with van der Waals surface area (Å²) < 4.78 is 20.6. The van der Waals surface area contributed by atoms with Crippen LogP contribution in [0.4, 0.5) is 21.0 Å². The zero-order chi connectivity index (χ0) is 38.2. The fraction of sp³-hybridized carbons (Fsp3) is 0.316. The van der Waals surface area contributed by atoms with E-state index in [1.807, 2.05) is 19.1 Å². The molecule has 2 unspecified atom stereocenters. The van der Waals surface area contributed by atoms with Crippen LogP contribution in [0.5, 0.6) is 5.75 Å². The number of nitrogens with zero attached hydrogens (tertiary/aromatic N) is 9. The van der Waals surface area contributed by atoms with Gasteiger partial charge in [-0.2, -0.15) is 15.0 Å². The number of amides is 4. The number of carbonyl (C=O) groups excluding carboxylic acids is 4. The van der Waals surface area contributed by atoms with Crippen molar-refractivity contribution in [3.63, 3.8) is 0 Å². The minimum Gasteiger partial charge on any atom is -0.462 e. The van der Waals surface area contributed by atoms with Gasteiger partial charge >= 0.3 is 0 Å². The highest BCUT2D eigenvalue weighted by Gasteiger charge is 2.45. The molecule has 8 heterocycles. The standard InChI is InChI=1S/C38H34FN11O5S/c1-20-32(21-14-30-33(40-17-21)45-35(55-30)27-15-22(39)2-5-28(27)50-41-8-9-42-50)56-38(43-20)47-12-10-46(11-13-47)24-18-48(19-24)23-3-4-25-26(16-23)37(54)49(36(25)53)29-6-7-31(51)44-34(29)52/h2-5,8-9,14-17,24,29,35H,6-7,10-13,18-19H2,1H3,(H,40,45)(H,44,51,52). The quantitative estimate of drug-likeness (QED) is 0.232. The molecule has 0 spiro atoms. The number of nitrogens with one attached hydrogen (secondary N) is 2. The van der Waals surface area contributed by atoms with E-state index < -0.39 is 41.7 Å². The van der Waals surface area contributed by atoms with Crippen molar-refractivity contribution in [3.05, 3.63) is 89.3 Å². The number of anilines is 3. The summed E-state index contributed by atoms with van der Waals surface area (Å²) in [7, 11) is 0. The molecule has 2 atom stereocenters. The fourth-order valence-corrected chi connectivity index (χ4v) is 9.16. The van der Waals surface area contributed by atoms with Crippen molar-refractivity contribution >= 4 is 51.6 Å². The molecule has 3 saturated heterocycles. The van der Waals surface area contributed by atoms with Gasteiger partial charge in [-0.3, -0.25) is 34.3 Å². The number of halogens is 1. The Morgan fingerprint density at radius 2 is 1.70 bits per heavy atom. The maximum Gasteiger partial charge on any atom is 0.262 e. The molecule has 0 aliphatic carbocycles. The van der Waals surface area contributed by atoms with Gasteiger partial charge in [0.25, 0.3) is 11.8 Å². The Morgan fingerprint density at radius 1 is 0.911 bits per heavy atom. The second-order valence-corrected chi connectivity index (χ2v) is 15.4. The number of pyridine rings is 1. The molecule has 0 radical (unpaired) electrons. The van der Waals surface area contributed by atoms with E-state index in [0.29, 0.717) is 28.9 Å². The van der Waals surface area contributed by atoms with Crippen molar-refractivity contribution in [2.75, 3.05) is 54.4 Å². The Labute approximate surface area is 322 Å². The predicted molar refractivity (Wildman–Crippen MR) is 201 cm³/mol. The van der Waals surface area contributed by atoms with Crippen LogP contribution in [0, 0.1) is 12.7 Å². The van der Waals surface area contributed by atoms with Gasteiger partial charge in [-0.1, -0.05) is 11.3 Å². The molecule has 4 amide bonds. The van der Waals surface area contributed by atoms with Crippen LogP contribution >= 0.6 is 11.3 Å². The van der Waals surface area contributed by atoms with Crippen molar-refractivity contribution in [1.29, 1.82) is 0 Å². The minimum absolute atomic E-state index is 0.0832. The van der Waals surface area contributed by atoms with Crippen molar-refractivity contribution in [2.24, 2.45) is 0 Å². The third kappa shape index (κ3) is 5.74. The first kappa shape index (κ1) is 34.2. The van der Waals surface area contributed by atoms with Gasteiger partial charge in [0.05, 0.1) is 39.8 Å². The monoisotopic (exact) mass is 775 g/mol. The van der Waals surface area contributed by atoms with E-state index in [1.165, 1.54) is 16.9 Å². The highest BCUT2D eigenvalue weighted by atomic mass is 32.1. The van der Waals surface area contributed by atoms with Gasteiger partial charge in [-0.05, 0) is 55.8 Å². The van der Waals surface area contributed by atoms with Crippen LogP contribution in [0.25, 0.3) is 16.1 Å². The van der Waals surface area contributed by atoms with E-state index in [1.54, 1.807) is 48.1 Å². The number of imide groups is 2. The highest BCUT2D eigenvalue weighted by molar-refractivity contribution is 7.19.